The summed E-state index contributed by atoms with van der Waals surface area (Å²) in [7, 11) is 0. The van der Waals surface area contributed by atoms with E-state index >= 15 is 0 Å². The Bertz CT molecular complexity index is 804. The number of nitrogens with zero attached hydrogens (tertiary/aromatic N) is 2. The van der Waals surface area contributed by atoms with Gasteiger partial charge in [0.15, 0.2) is 0 Å². The molecule has 2 heterocycles. The zero-order valence-electron chi connectivity index (χ0n) is 11.3. The number of aryl methyl sites for hydroxylation is 1. The average molecular weight is 321 g/mol. The van der Waals surface area contributed by atoms with Crippen molar-refractivity contribution in [2.45, 2.75) is 13.5 Å². The highest BCUT2D eigenvalue weighted by Crippen LogP contribution is 2.32. The lowest BCUT2D eigenvalue weighted by atomic mass is 10.1. The SMILES string of the molecule is Cc1nn(Cc2c(C(=O)NN)sc3ccccc23)cc1Cl. The summed E-state index contributed by atoms with van der Waals surface area (Å²) in [6.07, 6.45) is 1.76. The number of halogens is 1. The van der Waals surface area contributed by atoms with Crippen molar-refractivity contribution < 1.29 is 4.79 Å². The number of thiophene rings is 1. The Morgan fingerprint density at radius 1 is 1.48 bits per heavy atom. The molecule has 0 aliphatic carbocycles. The number of fused-ring (bicyclic) bond motifs is 1. The zero-order valence-corrected chi connectivity index (χ0v) is 12.8. The van der Waals surface area contributed by atoms with Gasteiger partial charge in [0.05, 0.1) is 22.1 Å². The molecule has 3 rings (SSSR count). The second-order valence-electron chi connectivity index (χ2n) is 4.64. The molecule has 2 aromatic heterocycles. The minimum absolute atomic E-state index is 0.291. The van der Waals surface area contributed by atoms with E-state index in [1.165, 1.54) is 11.3 Å². The molecule has 0 saturated carbocycles. The summed E-state index contributed by atoms with van der Waals surface area (Å²) in [5.74, 6) is 4.99. The Balaban J connectivity index is 2.12. The van der Waals surface area contributed by atoms with Crippen LogP contribution in [0.15, 0.2) is 30.5 Å². The Kier molecular flexibility index (Phi) is 3.67. The molecule has 21 heavy (non-hydrogen) atoms. The number of rotatable bonds is 3. The monoisotopic (exact) mass is 320 g/mol. The van der Waals surface area contributed by atoms with Gasteiger partial charge in [0.25, 0.3) is 5.91 Å². The van der Waals surface area contributed by atoms with Gasteiger partial charge >= 0.3 is 0 Å². The fourth-order valence-corrected chi connectivity index (χ4v) is 3.51. The number of hydrazine groups is 1. The normalized spacial score (nSPS) is 11.0. The molecule has 0 aliphatic rings. The summed E-state index contributed by atoms with van der Waals surface area (Å²) < 4.78 is 2.78. The molecule has 0 aliphatic heterocycles. The van der Waals surface area contributed by atoms with Crippen LogP contribution in [-0.4, -0.2) is 15.7 Å². The number of nitrogens with two attached hydrogens (primary N) is 1. The summed E-state index contributed by atoms with van der Waals surface area (Å²) in [4.78, 5) is 12.6. The number of benzene rings is 1. The molecule has 0 bridgehead atoms. The van der Waals surface area contributed by atoms with E-state index in [1.807, 2.05) is 31.2 Å². The molecule has 0 atom stereocenters. The molecule has 7 heteroatoms. The first kappa shape index (κ1) is 14.1. The molecule has 108 valence electrons. The van der Waals surface area contributed by atoms with Crippen LogP contribution in [0.1, 0.15) is 20.9 Å². The Morgan fingerprint density at radius 2 is 2.24 bits per heavy atom. The number of carbonyl (C=O) groups is 1. The van der Waals surface area contributed by atoms with Crippen LogP contribution >= 0.6 is 22.9 Å². The molecule has 3 aromatic rings. The molecule has 0 saturated heterocycles. The molecule has 0 unspecified atom stereocenters. The van der Waals surface area contributed by atoms with Crippen LogP contribution in [0.2, 0.25) is 5.02 Å². The second-order valence-corrected chi connectivity index (χ2v) is 6.10. The van der Waals surface area contributed by atoms with Gasteiger partial charge in [0.1, 0.15) is 0 Å². The highest BCUT2D eigenvalue weighted by Gasteiger charge is 2.18. The van der Waals surface area contributed by atoms with Gasteiger partial charge in [-0.05, 0) is 18.4 Å². The van der Waals surface area contributed by atoms with Crippen LogP contribution in [-0.2, 0) is 6.54 Å². The Morgan fingerprint density at radius 3 is 2.90 bits per heavy atom. The third-order valence-electron chi connectivity index (χ3n) is 3.24. The predicted molar refractivity (Wildman–Crippen MR) is 84.6 cm³/mol. The summed E-state index contributed by atoms with van der Waals surface area (Å²) in [6, 6.07) is 7.87. The minimum atomic E-state index is -0.291. The van der Waals surface area contributed by atoms with Crippen LogP contribution in [0.5, 0.6) is 0 Å². The van der Waals surface area contributed by atoms with Crippen LogP contribution < -0.4 is 11.3 Å². The molecule has 0 spiro atoms. The molecule has 5 nitrogen and oxygen atoms in total. The van der Waals surface area contributed by atoms with E-state index in [4.69, 9.17) is 17.4 Å². The molecular weight excluding hydrogens is 308 g/mol. The maximum absolute atomic E-state index is 12.0. The lowest BCUT2D eigenvalue weighted by molar-refractivity contribution is 0.0957. The minimum Gasteiger partial charge on any atom is -0.289 e. The van der Waals surface area contributed by atoms with Gasteiger partial charge in [-0.15, -0.1) is 11.3 Å². The number of amides is 1. The van der Waals surface area contributed by atoms with Crippen LogP contribution in [0, 0.1) is 6.92 Å². The first-order valence-corrected chi connectivity index (χ1v) is 7.50. The maximum atomic E-state index is 12.0. The van der Waals surface area contributed by atoms with Crippen molar-refractivity contribution in [3.63, 3.8) is 0 Å². The first-order valence-electron chi connectivity index (χ1n) is 6.31. The van der Waals surface area contributed by atoms with Crippen molar-refractivity contribution in [1.82, 2.24) is 15.2 Å². The fourth-order valence-electron chi connectivity index (χ4n) is 2.24. The van der Waals surface area contributed by atoms with Crippen molar-refractivity contribution in [1.29, 1.82) is 0 Å². The topological polar surface area (TPSA) is 72.9 Å². The summed E-state index contributed by atoms with van der Waals surface area (Å²) in [6.45, 7) is 2.32. The fraction of sp³-hybridized carbons (Fsp3) is 0.143. The second kappa shape index (κ2) is 5.48. The Labute approximate surface area is 130 Å². The van der Waals surface area contributed by atoms with Gasteiger partial charge < -0.3 is 0 Å². The smallest absolute Gasteiger partial charge is 0.275 e. The van der Waals surface area contributed by atoms with Gasteiger partial charge in [0, 0.05) is 16.5 Å². The number of nitrogen functional groups attached to an aromatic ring is 1. The third-order valence-corrected chi connectivity index (χ3v) is 4.83. The van der Waals surface area contributed by atoms with Crippen LogP contribution in [0.25, 0.3) is 10.1 Å². The van der Waals surface area contributed by atoms with Crippen molar-refractivity contribution in [3.05, 3.63) is 51.6 Å². The molecule has 1 aromatic carbocycles. The number of aromatic nitrogens is 2. The van der Waals surface area contributed by atoms with E-state index in [2.05, 4.69) is 10.5 Å². The van der Waals surface area contributed by atoms with Gasteiger partial charge in [-0.2, -0.15) is 5.10 Å². The van der Waals surface area contributed by atoms with Crippen molar-refractivity contribution in [2.24, 2.45) is 5.84 Å². The summed E-state index contributed by atoms with van der Waals surface area (Å²) >= 11 is 7.46. The van der Waals surface area contributed by atoms with E-state index in [0.29, 0.717) is 16.4 Å². The van der Waals surface area contributed by atoms with E-state index in [0.717, 1.165) is 21.3 Å². The van der Waals surface area contributed by atoms with Crippen molar-refractivity contribution in [3.8, 4) is 0 Å². The average Bonchev–Trinajstić information content (AvgIpc) is 3.00. The zero-order chi connectivity index (χ0) is 15.0. The number of hydrogen-bond acceptors (Lipinski definition) is 4. The van der Waals surface area contributed by atoms with Crippen molar-refractivity contribution in [2.75, 3.05) is 0 Å². The largest absolute Gasteiger partial charge is 0.289 e. The predicted octanol–water partition coefficient (Wildman–Crippen LogP) is 2.71. The van der Waals surface area contributed by atoms with Crippen LogP contribution in [0.4, 0.5) is 0 Å². The van der Waals surface area contributed by atoms with Gasteiger partial charge in [-0.3, -0.25) is 14.9 Å². The Hall–Kier alpha value is -1.89. The van der Waals surface area contributed by atoms with E-state index < -0.39 is 0 Å². The first-order chi connectivity index (χ1) is 10.1. The van der Waals surface area contributed by atoms with Gasteiger partial charge in [0.2, 0.25) is 0 Å². The van der Waals surface area contributed by atoms with E-state index in [1.54, 1.807) is 10.9 Å². The standard InChI is InChI=1S/C14H13ClN4OS/c1-8-11(15)7-19(18-8)6-10-9-4-2-3-5-12(9)21-13(10)14(20)17-16/h2-5,7H,6,16H2,1H3,(H,17,20). The quantitative estimate of drug-likeness (QED) is 0.443. The van der Waals surface area contributed by atoms with Crippen molar-refractivity contribution >= 4 is 38.9 Å². The summed E-state index contributed by atoms with van der Waals surface area (Å²) in [5.41, 5.74) is 3.87. The number of hydrogen-bond donors (Lipinski definition) is 2. The molecule has 1 amide bonds. The highest BCUT2D eigenvalue weighted by atomic mass is 35.5. The van der Waals surface area contributed by atoms with Crippen LogP contribution in [0.3, 0.4) is 0 Å². The maximum Gasteiger partial charge on any atom is 0.275 e. The van der Waals surface area contributed by atoms with Gasteiger partial charge in [-0.1, -0.05) is 29.8 Å². The van der Waals surface area contributed by atoms with E-state index in [9.17, 15) is 4.79 Å². The lowest BCUT2D eigenvalue weighted by Crippen LogP contribution is -2.30. The summed E-state index contributed by atoms with van der Waals surface area (Å²) in [5, 5.41) is 5.99. The third kappa shape index (κ3) is 2.53. The lowest BCUT2D eigenvalue weighted by Gasteiger charge is -2.04. The van der Waals surface area contributed by atoms with E-state index in [-0.39, 0.29) is 5.91 Å². The molecule has 3 N–H and O–H groups in total. The number of nitrogens with one attached hydrogen (secondary N) is 1. The van der Waals surface area contributed by atoms with Gasteiger partial charge in [-0.25, -0.2) is 5.84 Å². The highest BCUT2D eigenvalue weighted by molar-refractivity contribution is 7.21. The molecule has 0 radical (unpaired) electrons. The molecule has 0 fully saturated rings. The molecular formula is C14H13ClN4OS. The number of carbonyl (C=O) groups excluding carboxylic acids is 1.